The molecule has 3 heterocycles. The Morgan fingerprint density at radius 1 is 1.22 bits per heavy atom. The summed E-state index contributed by atoms with van der Waals surface area (Å²) in [5.41, 5.74) is 0. The van der Waals surface area contributed by atoms with Crippen molar-refractivity contribution in [2.24, 2.45) is 0 Å². The molecule has 0 bridgehead atoms. The average molecular weight is 267 g/mol. The number of aliphatic hydroxyl groups is 1. The molecule has 2 aliphatic rings. The maximum Gasteiger partial charge on any atom is 0.134 e. The monoisotopic (exact) mass is 267 g/mol. The largest absolute Gasteiger partial charge is 0.394 e. The number of hydrogen-bond acceptors (Lipinski definition) is 4. The Balaban J connectivity index is 1.77. The lowest BCUT2D eigenvalue weighted by Gasteiger charge is -2.26. The van der Waals surface area contributed by atoms with E-state index in [0.717, 1.165) is 37.3 Å². The standard InChI is InChI=1S/C13H21N3OS/c17-9-10-4-3-6-12-14-15-13(16(10)12)8-11-5-1-2-7-18-11/h10-11,17H,1-9H2. The summed E-state index contributed by atoms with van der Waals surface area (Å²) in [5.74, 6) is 3.47. The quantitative estimate of drug-likeness (QED) is 0.910. The average Bonchev–Trinajstić information content (AvgIpc) is 2.83. The molecule has 18 heavy (non-hydrogen) atoms. The molecule has 0 aromatic carbocycles. The number of thioether (sulfide) groups is 1. The third-order valence-electron chi connectivity index (χ3n) is 4.03. The third kappa shape index (κ3) is 2.43. The Kier molecular flexibility index (Phi) is 3.89. The molecule has 1 saturated heterocycles. The maximum absolute atomic E-state index is 9.50. The molecule has 0 amide bonds. The van der Waals surface area contributed by atoms with Gasteiger partial charge in [0, 0.05) is 18.1 Å². The fraction of sp³-hybridized carbons (Fsp3) is 0.846. The Hall–Kier alpha value is -0.550. The molecule has 0 radical (unpaired) electrons. The van der Waals surface area contributed by atoms with Crippen molar-refractivity contribution in [3.05, 3.63) is 11.6 Å². The third-order valence-corrected chi connectivity index (χ3v) is 5.43. The molecule has 100 valence electrons. The van der Waals surface area contributed by atoms with Gasteiger partial charge in [0.05, 0.1) is 12.6 Å². The van der Waals surface area contributed by atoms with Crippen LogP contribution in [0.5, 0.6) is 0 Å². The number of hydrogen-bond donors (Lipinski definition) is 1. The van der Waals surface area contributed by atoms with Crippen LogP contribution in [0.4, 0.5) is 0 Å². The molecule has 5 heteroatoms. The van der Waals surface area contributed by atoms with Gasteiger partial charge in [-0.05, 0) is 31.4 Å². The molecule has 2 unspecified atom stereocenters. The van der Waals surface area contributed by atoms with Gasteiger partial charge >= 0.3 is 0 Å². The fourth-order valence-electron chi connectivity index (χ4n) is 3.06. The van der Waals surface area contributed by atoms with Gasteiger partial charge in [0.2, 0.25) is 0 Å². The van der Waals surface area contributed by atoms with Crippen LogP contribution in [0.3, 0.4) is 0 Å². The second kappa shape index (κ2) is 5.61. The van der Waals surface area contributed by atoms with E-state index in [1.807, 2.05) is 0 Å². The van der Waals surface area contributed by atoms with E-state index in [1.165, 1.54) is 25.0 Å². The van der Waals surface area contributed by atoms with Crippen molar-refractivity contribution in [1.29, 1.82) is 0 Å². The molecule has 1 N–H and O–H groups in total. The summed E-state index contributed by atoms with van der Waals surface area (Å²) in [7, 11) is 0. The van der Waals surface area contributed by atoms with Gasteiger partial charge in [-0.15, -0.1) is 10.2 Å². The maximum atomic E-state index is 9.50. The van der Waals surface area contributed by atoms with Crippen molar-refractivity contribution >= 4 is 11.8 Å². The first kappa shape index (κ1) is 12.5. The highest BCUT2D eigenvalue weighted by Crippen LogP contribution is 2.30. The summed E-state index contributed by atoms with van der Waals surface area (Å²) in [6, 6.07) is 0.215. The van der Waals surface area contributed by atoms with Gasteiger partial charge in [-0.3, -0.25) is 0 Å². The van der Waals surface area contributed by atoms with Crippen molar-refractivity contribution < 1.29 is 5.11 Å². The molecule has 4 nitrogen and oxygen atoms in total. The van der Waals surface area contributed by atoms with E-state index in [2.05, 4.69) is 26.5 Å². The number of aryl methyl sites for hydroxylation is 1. The SMILES string of the molecule is OCC1CCCc2nnc(CC3CCCCS3)n21. The molecule has 0 aliphatic carbocycles. The Morgan fingerprint density at radius 2 is 2.17 bits per heavy atom. The van der Waals surface area contributed by atoms with Crippen LogP contribution < -0.4 is 0 Å². The van der Waals surface area contributed by atoms with E-state index >= 15 is 0 Å². The Morgan fingerprint density at radius 3 is 2.94 bits per heavy atom. The zero-order chi connectivity index (χ0) is 12.4. The topological polar surface area (TPSA) is 50.9 Å². The van der Waals surface area contributed by atoms with Crippen LogP contribution in [-0.2, 0) is 12.8 Å². The van der Waals surface area contributed by atoms with Crippen LogP contribution >= 0.6 is 11.8 Å². The lowest BCUT2D eigenvalue weighted by atomic mass is 10.0. The highest BCUT2D eigenvalue weighted by atomic mass is 32.2. The summed E-state index contributed by atoms with van der Waals surface area (Å²) < 4.78 is 2.22. The van der Waals surface area contributed by atoms with Gasteiger partial charge in [-0.1, -0.05) is 6.42 Å². The first-order valence-corrected chi connectivity index (χ1v) is 8.08. The van der Waals surface area contributed by atoms with E-state index in [-0.39, 0.29) is 12.6 Å². The van der Waals surface area contributed by atoms with Crippen molar-refractivity contribution in [3.8, 4) is 0 Å². The molecular formula is C13H21N3OS. The highest BCUT2D eigenvalue weighted by molar-refractivity contribution is 7.99. The highest BCUT2D eigenvalue weighted by Gasteiger charge is 2.26. The Labute approximate surface area is 112 Å². The predicted octanol–water partition coefficient (Wildman–Crippen LogP) is 1.98. The predicted molar refractivity (Wildman–Crippen MR) is 72.9 cm³/mol. The number of aliphatic hydroxyl groups excluding tert-OH is 1. The van der Waals surface area contributed by atoms with Crippen molar-refractivity contribution in [3.63, 3.8) is 0 Å². The van der Waals surface area contributed by atoms with Crippen molar-refractivity contribution in [1.82, 2.24) is 14.8 Å². The van der Waals surface area contributed by atoms with E-state index < -0.39 is 0 Å². The normalized spacial score (nSPS) is 28.1. The number of aromatic nitrogens is 3. The number of rotatable bonds is 3. The lowest BCUT2D eigenvalue weighted by molar-refractivity contribution is 0.203. The van der Waals surface area contributed by atoms with Gasteiger partial charge < -0.3 is 9.67 Å². The molecular weight excluding hydrogens is 246 g/mol. The van der Waals surface area contributed by atoms with Crippen LogP contribution in [0.15, 0.2) is 0 Å². The van der Waals surface area contributed by atoms with Crippen molar-refractivity contribution in [2.75, 3.05) is 12.4 Å². The van der Waals surface area contributed by atoms with E-state index in [4.69, 9.17) is 0 Å². The van der Waals surface area contributed by atoms with Crippen LogP contribution in [0.1, 0.15) is 49.8 Å². The van der Waals surface area contributed by atoms with Gasteiger partial charge in [-0.25, -0.2) is 0 Å². The van der Waals surface area contributed by atoms with E-state index in [0.29, 0.717) is 5.25 Å². The Bertz CT molecular complexity index is 401. The number of nitrogens with zero attached hydrogens (tertiary/aromatic N) is 3. The summed E-state index contributed by atoms with van der Waals surface area (Å²) >= 11 is 2.08. The van der Waals surface area contributed by atoms with Crippen LogP contribution in [-0.4, -0.2) is 37.5 Å². The molecule has 2 atom stereocenters. The summed E-state index contributed by atoms with van der Waals surface area (Å²) in [4.78, 5) is 0. The van der Waals surface area contributed by atoms with Gasteiger partial charge in [0.1, 0.15) is 11.6 Å². The fourth-order valence-corrected chi connectivity index (χ4v) is 4.37. The minimum atomic E-state index is 0.215. The molecule has 3 rings (SSSR count). The molecule has 0 saturated carbocycles. The molecule has 0 spiro atoms. The van der Waals surface area contributed by atoms with E-state index in [9.17, 15) is 5.11 Å². The van der Waals surface area contributed by atoms with Gasteiger partial charge in [0.15, 0.2) is 0 Å². The summed E-state index contributed by atoms with van der Waals surface area (Å²) in [6.07, 6.45) is 8.24. The van der Waals surface area contributed by atoms with Crippen LogP contribution in [0, 0.1) is 0 Å². The first-order chi connectivity index (χ1) is 8.88. The molecule has 1 fully saturated rings. The number of fused-ring (bicyclic) bond motifs is 1. The summed E-state index contributed by atoms with van der Waals surface area (Å²) in [5, 5.41) is 18.9. The zero-order valence-electron chi connectivity index (χ0n) is 10.7. The first-order valence-electron chi connectivity index (χ1n) is 7.03. The van der Waals surface area contributed by atoms with E-state index in [1.54, 1.807) is 0 Å². The smallest absolute Gasteiger partial charge is 0.134 e. The van der Waals surface area contributed by atoms with Gasteiger partial charge in [0.25, 0.3) is 0 Å². The molecule has 2 aliphatic heterocycles. The minimum absolute atomic E-state index is 0.215. The second-order valence-corrected chi connectivity index (χ2v) is 6.73. The second-order valence-electron chi connectivity index (χ2n) is 5.32. The molecule has 1 aromatic heterocycles. The van der Waals surface area contributed by atoms with Crippen LogP contribution in [0.25, 0.3) is 0 Å². The lowest BCUT2D eigenvalue weighted by Crippen LogP contribution is -2.24. The van der Waals surface area contributed by atoms with Crippen molar-refractivity contribution in [2.45, 2.75) is 56.2 Å². The zero-order valence-corrected chi connectivity index (χ0v) is 11.5. The minimum Gasteiger partial charge on any atom is -0.394 e. The van der Waals surface area contributed by atoms with Gasteiger partial charge in [-0.2, -0.15) is 11.8 Å². The van der Waals surface area contributed by atoms with Crippen LogP contribution in [0.2, 0.25) is 0 Å². The molecule has 1 aromatic rings. The summed E-state index contributed by atoms with van der Waals surface area (Å²) in [6.45, 7) is 0.218.